The maximum Gasteiger partial charge on any atom is 0.229 e. The molecule has 0 aliphatic carbocycles. The zero-order valence-electron chi connectivity index (χ0n) is 11.8. The third-order valence-electron chi connectivity index (χ3n) is 4.02. The van der Waals surface area contributed by atoms with E-state index in [-0.39, 0.29) is 5.92 Å². The third-order valence-corrected chi connectivity index (χ3v) is 4.59. The molecule has 1 aromatic rings. The van der Waals surface area contributed by atoms with Crippen LogP contribution < -0.4 is 4.90 Å². The minimum absolute atomic E-state index is 0.154. The molecule has 108 valence electrons. The molecule has 0 atom stereocenters. The Morgan fingerprint density at radius 2 is 2.05 bits per heavy atom. The third kappa shape index (κ3) is 2.75. The Hall–Kier alpha value is -1.30. The van der Waals surface area contributed by atoms with Crippen LogP contribution >= 0.6 is 11.8 Å². The van der Waals surface area contributed by atoms with Gasteiger partial charge in [-0.1, -0.05) is 11.8 Å². The number of carbonyl (C=O) groups is 1. The van der Waals surface area contributed by atoms with Gasteiger partial charge in [-0.2, -0.15) is 0 Å². The van der Waals surface area contributed by atoms with Crippen molar-refractivity contribution in [1.29, 1.82) is 0 Å². The first kappa shape index (κ1) is 13.7. The molecule has 1 amide bonds. The number of piperidine rings is 1. The first-order chi connectivity index (χ1) is 9.78. The Labute approximate surface area is 123 Å². The van der Waals surface area contributed by atoms with Gasteiger partial charge in [0.05, 0.1) is 5.92 Å². The van der Waals surface area contributed by atoms with Crippen LogP contribution in [0.1, 0.15) is 19.3 Å². The van der Waals surface area contributed by atoms with Gasteiger partial charge < -0.3 is 9.80 Å². The average molecular weight is 292 g/mol. The molecule has 0 unspecified atom stereocenters. The molecule has 1 aromatic heterocycles. The van der Waals surface area contributed by atoms with Crippen LogP contribution in [0.2, 0.25) is 0 Å². The fourth-order valence-electron chi connectivity index (χ4n) is 2.80. The Kier molecular flexibility index (Phi) is 4.10. The summed E-state index contributed by atoms with van der Waals surface area (Å²) in [5.74, 6) is 1.42. The van der Waals surface area contributed by atoms with E-state index in [2.05, 4.69) is 14.9 Å². The second-order valence-corrected chi connectivity index (χ2v) is 6.16. The van der Waals surface area contributed by atoms with Gasteiger partial charge in [-0.15, -0.1) is 0 Å². The fraction of sp³-hybridized carbons (Fsp3) is 0.643. The number of hydrogen-bond acceptors (Lipinski definition) is 5. The molecule has 6 heteroatoms. The zero-order valence-corrected chi connectivity index (χ0v) is 12.6. The van der Waals surface area contributed by atoms with Crippen molar-refractivity contribution in [1.82, 2.24) is 14.9 Å². The number of carbonyl (C=O) groups excluding carboxylic acids is 1. The van der Waals surface area contributed by atoms with E-state index in [0.717, 1.165) is 50.0 Å². The summed E-state index contributed by atoms with van der Waals surface area (Å²) in [6, 6.07) is 1.92. The number of aromatic nitrogens is 2. The van der Waals surface area contributed by atoms with Crippen LogP contribution in [0.15, 0.2) is 17.4 Å². The molecule has 2 aliphatic rings. The highest BCUT2D eigenvalue weighted by Gasteiger charge is 2.36. The summed E-state index contributed by atoms with van der Waals surface area (Å²) in [6.07, 6.45) is 7.33. The van der Waals surface area contributed by atoms with Crippen molar-refractivity contribution in [3.8, 4) is 0 Å². The van der Waals surface area contributed by atoms with Gasteiger partial charge in [0.25, 0.3) is 0 Å². The van der Waals surface area contributed by atoms with E-state index in [9.17, 15) is 4.79 Å². The van der Waals surface area contributed by atoms with Gasteiger partial charge in [0.15, 0.2) is 5.16 Å². The fourth-order valence-corrected chi connectivity index (χ4v) is 3.15. The Bertz CT molecular complexity index is 484. The molecular weight excluding hydrogens is 272 g/mol. The largest absolute Gasteiger partial charge is 0.355 e. The maximum atomic E-state index is 12.3. The highest BCUT2D eigenvalue weighted by molar-refractivity contribution is 7.98. The van der Waals surface area contributed by atoms with Gasteiger partial charge in [0.1, 0.15) is 5.82 Å². The molecule has 20 heavy (non-hydrogen) atoms. The molecule has 2 saturated heterocycles. The Balaban J connectivity index is 1.56. The zero-order chi connectivity index (χ0) is 13.9. The van der Waals surface area contributed by atoms with E-state index in [0.29, 0.717) is 5.91 Å². The van der Waals surface area contributed by atoms with Crippen LogP contribution in [-0.4, -0.2) is 53.2 Å². The van der Waals surface area contributed by atoms with Crippen molar-refractivity contribution in [3.05, 3.63) is 12.3 Å². The number of rotatable bonds is 3. The summed E-state index contributed by atoms with van der Waals surface area (Å²) in [6.45, 7) is 3.47. The quantitative estimate of drug-likeness (QED) is 0.626. The number of anilines is 1. The summed E-state index contributed by atoms with van der Waals surface area (Å²) in [7, 11) is 0. The number of hydrogen-bond donors (Lipinski definition) is 0. The van der Waals surface area contributed by atoms with Crippen molar-refractivity contribution in [2.75, 3.05) is 37.3 Å². The average Bonchev–Trinajstić information content (AvgIpc) is 2.47. The van der Waals surface area contributed by atoms with Crippen LogP contribution in [0, 0.1) is 5.92 Å². The number of amides is 1. The van der Waals surface area contributed by atoms with E-state index >= 15 is 0 Å². The van der Waals surface area contributed by atoms with Crippen LogP contribution in [0.4, 0.5) is 5.82 Å². The summed E-state index contributed by atoms with van der Waals surface area (Å²) < 4.78 is 0. The summed E-state index contributed by atoms with van der Waals surface area (Å²) in [4.78, 5) is 25.2. The highest BCUT2D eigenvalue weighted by Crippen LogP contribution is 2.26. The van der Waals surface area contributed by atoms with E-state index < -0.39 is 0 Å². The lowest BCUT2D eigenvalue weighted by molar-refractivity contribution is -0.137. The molecule has 2 aliphatic heterocycles. The topological polar surface area (TPSA) is 49.3 Å². The summed E-state index contributed by atoms with van der Waals surface area (Å²) in [5, 5.41) is 0.785. The van der Waals surface area contributed by atoms with Gasteiger partial charge in [0, 0.05) is 32.4 Å². The van der Waals surface area contributed by atoms with E-state index in [4.69, 9.17) is 0 Å². The molecule has 3 rings (SSSR count). The minimum atomic E-state index is 0.154. The Morgan fingerprint density at radius 3 is 2.75 bits per heavy atom. The summed E-state index contributed by atoms with van der Waals surface area (Å²) in [5.41, 5.74) is 0. The highest BCUT2D eigenvalue weighted by atomic mass is 32.2. The molecule has 0 aromatic carbocycles. The predicted molar refractivity (Wildman–Crippen MR) is 79.9 cm³/mol. The SMILES string of the molecule is CSc1nccc(N2CC(C(=O)N3CCCCC3)C2)n1. The monoisotopic (exact) mass is 292 g/mol. The Morgan fingerprint density at radius 1 is 1.30 bits per heavy atom. The van der Waals surface area contributed by atoms with Crippen molar-refractivity contribution in [3.63, 3.8) is 0 Å². The molecule has 3 heterocycles. The summed E-state index contributed by atoms with van der Waals surface area (Å²) >= 11 is 1.54. The van der Waals surface area contributed by atoms with Crippen LogP contribution in [0.3, 0.4) is 0 Å². The van der Waals surface area contributed by atoms with E-state index in [1.54, 1.807) is 18.0 Å². The molecular formula is C14H20N4OS. The van der Waals surface area contributed by atoms with Gasteiger partial charge >= 0.3 is 0 Å². The van der Waals surface area contributed by atoms with Gasteiger partial charge in [-0.3, -0.25) is 4.79 Å². The maximum absolute atomic E-state index is 12.3. The minimum Gasteiger partial charge on any atom is -0.355 e. The molecule has 5 nitrogen and oxygen atoms in total. The first-order valence-corrected chi connectivity index (χ1v) is 8.41. The molecule has 0 bridgehead atoms. The lowest BCUT2D eigenvalue weighted by atomic mass is 9.97. The second-order valence-electron chi connectivity index (χ2n) is 5.39. The van der Waals surface area contributed by atoms with Crippen molar-refractivity contribution < 1.29 is 4.79 Å². The molecule has 0 N–H and O–H groups in total. The molecule has 0 radical (unpaired) electrons. The first-order valence-electron chi connectivity index (χ1n) is 7.18. The van der Waals surface area contributed by atoms with Gasteiger partial charge in [-0.05, 0) is 31.6 Å². The number of likely N-dealkylation sites (tertiary alicyclic amines) is 1. The normalized spacial score (nSPS) is 19.9. The molecule has 0 spiro atoms. The van der Waals surface area contributed by atoms with Crippen LogP contribution in [0.5, 0.6) is 0 Å². The van der Waals surface area contributed by atoms with E-state index in [1.807, 2.05) is 17.2 Å². The van der Waals surface area contributed by atoms with Gasteiger partial charge in [-0.25, -0.2) is 9.97 Å². The smallest absolute Gasteiger partial charge is 0.229 e. The molecule has 0 saturated carbocycles. The standard InChI is InChI=1S/C14H20N4OS/c1-20-14-15-6-5-12(16-14)18-9-11(10-18)13(19)17-7-3-2-4-8-17/h5-6,11H,2-4,7-10H2,1H3. The van der Waals surface area contributed by atoms with Crippen molar-refractivity contribution in [2.45, 2.75) is 24.4 Å². The number of nitrogens with zero attached hydrogens (tertiary/aromatic N) is 4. The van der Waals surface area contributed by atoms with Crippen molar-refractivity contribution in [2.24, 2.45) is 5.92 Å². The van der Waals surface area contributed by atoms with Gasteiger partial charge in [0.2, 0.25) is 5.91 Å². The predicted octanol–water partition coefficient (Wildman–Crippen LogP) is 1.65. The molecule has 2 fully saturated rings. The van der Waals surface area contributed by atoms with E-state index in [1.165, 1.54) is 6.42 Å². The second kappa shape index (κ2) is 5.99. The van der Waals surface area contributed by atoms with Crippen molar-refractivity contribution >= 4 is 23.5 Å². The lowest BCUT2D eigenvalue weighted by Gasteiger charge is -2.42. The lowest BCUT2D eigenvalue weighted by Crippen LogP contribution is -2.55. The van der Waals surface area contributed by atoms with Crippen LogP contribution in [-0.2, 0) is 4.79 Å². The number of thioether (sulfide) groups is 1. The van der Waals surface area contributed by atoms with Crippen LogP contribution in [0.25, 0.3) is 0 Å².